The van der Waals surface area contributed by atoms with Crippen LogP contribution in [0.25, 0.3) is 72.8 Å². The molecule has 0 saturated carbocycles. The summed E-state index contributed by atoms with van der Waals surface area (Å²) in [5.74, 6) is 1.72. The first-order valence-corrected chi connectivity index (χ1v) is 28.3. The summed E-state index contributed by atoms with van der Waals surface area (Å²) in [6, 6.07) is 103. The van der Waals surface area contributed by atoms with E-state index in [1.807, 2.05) is 6.07 Å². The molecule has 5 heteroatoms. The Morgan fingerprint density at radius 3 is 1.33 bits per heavy atom. The first-order valence-electron chi connectivity index (χ1n) is 26.3. The highest BCUT2D eigenvalue weighted by molar-refractivity contribution is 7.20. The Kier molecular flexibility index (Phi) is 10.3. The van der Waals surface area contributed by atoms with E-state index >= 15 is 0 Å². The predicted molar refractivity (Wildman–Crippen MR) is 314 cm³/mol. The molecule has 2 unspecified atom stereocenters. The van der Waals surface area contributed by atoms with Gasteiger partial charge in [-0.2, -0.15) is 9.97 Å². The van der Waals surface area contributed by atoms with Gasteiger partial charge in [0.2, 0.25) is 5.95 Å². The van der Waals surface area contributed by atoms with Crippen molar-refractivity contribution in [2.45, 2.75) is 11.8 Å². The minimum atomic E-state index is -3.28. The summed E-state index contributed by atoms with van der Waals surface area (Å²) in [6.45, 7) is 0. The van der Waals surface area contributed by atoms with Crippen molar-refractivity contribution in [2.75, 3.05) is 0 Å². The Morgan fingerprint density at radius 2 is 0.750 bits per heavy atom. The van der Waals surface area contributed by atoms with E-state index < -0.39 is 8.07 Å². The van der Waals surface area contributed by atoms with Gasteiger partial charge < -0.3 is 0 Å². The molecular formula is C71H48N4Si. The zero-order valence-electron chi connectivity index (χ0n) is 41.5. The highest BCUT2D eigenvalue weighted by Crippen LogP contribution is 2.57. The summed E-state index contributed by atoms with van der Waals surface area (Å²) < 4.78 is 2.22. The number of aromatic nitrogens is 4. The van der Waals surface area contributed by atoms with Gasteiger partial charge in [0.25, 0.3) is 0 Å². The van der Waals surface area contributed by atoms with E-state index in [4.69, 9.17) is 15.0 Å². The fourth-order valence-corrected chi connectivity index (χ4v) is 18.2. The van der Waals surface area contributed by atoms with Crippen molar-refractivity contribution in [1.29, 1.82) is 0 Å². The summed E-state index contributed by atoms with van der Waals surface area (Å²) in [7, 11) is -3.28. The van der Waals surface area contributed by atoms with Crippen LogP contribution >= 0.6 is 0 Å². The Hall–Kier alpha value is -9.55. The highest BCUT2D eigenvalue weighted by atomic mass is 28.3. The van der Waals surface area contributed by atoms with Crippen LogP contribution in [0.1, 0.15) is 45.2 Å². The Balaban J connectivity index is 1.04. The Labute approximate surface area is 443 Å². The zero-order chi connectivity index (χ0) is 50.2. The first-order chi connectivity index (χ1) is 37.7. The van der Waals surface area contributed by atoms with Crippen LogP contribution in [0.5, 0.6) is 0 Å². The van der Waals surface area contributed by atoms with E-state index in [0.29, 0.717) is 17.6 Å². The molecular weight excluding hydrogens is 937 g/mol. The number of hydrogen-bond donors (Lipinski definition) is 0. The molecule has 4 nitrogen and oxygen atoms in total. The fourth-order valence-electron chi connectivity index (χ4n) is 13.1. The Morgan fingerprint density at radius 1 is 0.303 bits per heavy atom. The fraction of sp³-hybridized carbons (Fsp3) is 0.0282. The quantitative estimate of drug-likeness (QED) is 0.107. The van der Waals surface area contributed by atoms with Gasteiger partial charge in [0.1, 0.15) is 0 Å². The smallest absolute Gasteiger partial charge is 0.238 e. The van der Waals surface area contributed by atoms with Crippen molar-refractivity contribution in [3.8, 4) is 51.0 Å². The predicted octanol–water partition coefficient (Wildman–Crippen LogP) is 14.0. The summed E-state index contributed by atoms with van der Waals surface area (Å²) in [5, 5.41) is 7.72. The number of fused-ring (bicyclic) bond motifs is 3. The van der Waals surface area contributed by atoms with Crippen molar-refractivity contribution >= 4 is 50.6 Å². The number of para-hydroxylation sites is 2. The lowest BCUT2D eigenvalue weighted by molar-refractivity contribution is 0.758. The second-order valence-electron chi connectivity index (χ2n) is 20.1. The van der Waals surface area contributed by atoms with E-state index in [1.54, 1.807) is 0 Å². The number of rotatable bonds is 9. The standard InChI is InChI=1S/C71H48N4Si/c1-6-24-47(25-7-1)50-44-51(48-26-8-2-9-27-48)46-54(45-50)76(52-30-12-4-13-31-52,53-32-14-5-15-33-53)64-43-23-39-60-65-57-36-16-17-37-58(57)68(67(60)64)66-59(65)38-22-40-61(66)70-72-69(49-28-10-3-11-29-49)73-71(74-70)75-62-41-20-18-34-55(62)56-35-19-21-42-63(56)75/h1-46,65,68H. The molecule has 0 amide bonds. The van der Waals surface area contributed by atoms with Gasteiger partial charge in [0.15, 0.2) is 19.7 Å². The Bertz CT molecular complexity index is 4200. The van der Waals surface area contributed by atoms with Crippen molar-refractivity contribution in [3.63, 3.8) is 0 Å². The van der Waals surface area contributed by atoms with Gasteiger partial charge in [-0.05, 0) is 94.6 Å². The molecule has 0 radical (unpaired) electrons. The molecule has 3 aliphatic rings. The molecule has 2 bridgehead atoms. The number of hydrogen-bond acceptors (Lipinski definition) is 3. The van der Waals surface area contributed by atoms with Crippen LogP contribution in [0.15, 0.2) is 279 Å². The van der Waals surface area contributed by atoms with Gasteiger partial charge in [0, 0.05) is 33.7 Å². The molecule has 0 spiro atoms. The van der Waals surface area contributed by atoms with Crippen LogP contribution in [0, 0.1) is 0 Å². The lowest BCUT2D eigenvalue weighted by Crippen LogP contribution is -2.75. The largest absolute Gasteiger partial charge is 0.278 e. The molecule has 0 aliphatic heterocycles. The molecule has 0 N–H and O–H groups in total. The minimum absolute atomic E-state index is 0.0212. The molecule has 356 valence electrons. The lowest BCUT2D eigenvalue weighted by atomic mass is 9.60. The van der Waals surface area contributed by atoms with Crippen LogP contribution < -0.4 is 20.7 Å². The third-order valence-corrected chi connectivity index (χ3v) is 21.0. The monoisotopic (exact) mass is 984 g/mol. The van der Waals surface area contributed by atoms with E-state index in [0.717, 1.165) is 32.9 Å². The zero-order valence-corrected chi connectivity index (χ0v) is 42.5. The van der Waals surface area contributed by atoms with E-state index in [9.17, 15) is 0 Å². The average Bonchev–Trinajstić information content (AvgIpc) is 4.01. The highest BCUT2D eigenvalue weighted by Gasteiger charge is 2.50. The van der Waals surface area contributed by atoms with Crippen LogP contribution in [-0.4, -0.2) is 27.6 Å². The van der Waals surface area contributed by atoms with Gasteiger partial charge in [0.05, 0.1) is 11.0 Å². The van der Waals surface area contributed by atoms with E-state index in [1.165, 1.54) is 76.4 Å². The van der Waals surface area contributed by atoms with Crippen molar-refractivity contribution in [3.05, 3.63) is 312 Å². The molecule has 11 aromatic carbocycles. The normalized spacial score (nSPS) is 14.3. The summed E-state index contributed by atoms with van der Waals surface area (Å²) in [4.78, 5) is 16.5. The second-order valence-corrected chi connectivity index (χ2v) is 23.9. The maximum absolute atomic E-state index is 5.62. The van der Waals surface area contributed by atoms with Gasteiger partial charge in [-0.15, -0.1) is 0 Å². The maximum Gasteiger partial charge on any atom is 0.238 e. The third-order valence-electron chi connectivity index (χ3n) is 16.2. The average molecular weight is 985 g/mol. The molecule has 2 heterocycles. The minimum Gasteiger partial charge on any atom is -0.278 e. The van der Waals surface area contributed by atoms with Crippen LogP contribution in [0.2, 0.25) is 0 Å². The van der Waals surface area contributed by atoms with Crippen molar-refractivity contribution in [1.82, 2.24) is 19.5 Å². The number of benzene rings is 11. The molecule has 3 aliphatic carbocycles. The third kappa shape index (κ3) is 6.79. The van der Waals surface area contributed by atoms with Crippen LogP contribution in [-0.2, 0) is 0 Å². The molecule has 2 atom stereocenters. The van der Waals surface area contributed by atoms with Crippen molar-refractivity contribution < 1.29 is 0 Å². The molecule has 2 aromatic heterocycles. The summed E-state index contributed by atoms with van der Waals surface area (Å²) in [5.41, 5.74) is 16.9. The lowest BCUT2D eigenvalue weighted by Gasteiger charge is -2.46. The summed E-state index contributed by atoms with van der Waals surface area (Å²) in [6.07, 6.45) is 0. The topological polar surface area (TPSA) is 43.6 Å². The molecule has 76 heavy (non-hydrogen) atoms. The van der Waals surface area contributed by atoms with Gasteiger partial charge in [-0.1, -0.05) is 261 Å². The van der Waals surface area contributed by atoms with Crippen LogP contribution in [0.3, 0.4) is 0 Å². The second kappa shape index (κ2) is 17.8. The summed E-state index contributed by atoms with van der Waals surface area (Å²) >= 11 is 0. The molecule has 0 saturated heterocycles. The van der Waals surface area contributed by atoms with Gasteiger partial charge in [-0.3, -0.25) is 4.57 Å². The molecule has 13 aromatic rings. The van der Waals surface area contributed by atoms with Gasteiger partial charge >= 0.3 is 0 Å². The molecule has 16 rings (SSSR count). The van der Waals surface area contributed by atoms with E-state index in [-0.39, 0.29) is 11.8 Å². The van der Waals surface area contributed by atoms with Crippen molar-refractivity contribution in [2.24, 2.45) is 0 Å². The molecule has 0 fully saturated rings. The van der Waals surface area contributed by atoms with Crippen LogP contribution in [0.4, 0.5) is 0 Å². The van der Waals surface area contributed by atoms with Gasteiger partial charge in [-0.25, -0.2) is 4.98 Å². The maximum atomic E-state index is 5.62. The van der Waals surface area contributed by atoms with E-state index in [2.05, 4.69) is 278 Å². The number of nitrogens with zero attached hydrogens (tertiary/aromatic N) is 4. The SMILES string of the molecule is c1ccc(-c2cc(-c3ccccc3)cc([Si](c3ccccc3)(c3ccccc3)c3cccc4c3C3c5ccccc5C4c4cccc(-c5nc(-c6ccccc6)nc(-n6c7ccccc7c7ccccc76)n5)c43)c2)cc1. The first kappa shape index (κ1) is 44.0.